The van der Waals surface area contributed by atoms with Gasteiger partial charge in [0, 0.05) is 12.2 Å². The number of nitrogens with zero attached hydrogens (tertiary/aromatic N) is 5. The molecule has 5 aliphatic rings. The number of aromatic nitrogens is 4. The highest BCUT2D eigenvalue weighted by Crippen LogP contribution is 2.58. The zero-order valence-corrected chi connectivity index (χ0v) is 25.4. The predicted molar refractivity (Wildman–Crippen MR) is 163 cm³/mol. The molecular formula is C29H36N8O7S. The second-order valence-corrected chi connectivity index (χ2v) is 13.5. The quantitative estimate of drug-likeness (QED) is 0.198. The number of likely N-dealkylation sites (N-methyl/N-ethyl adjacent to an activating group) is 1. The summed E-state index contributed by atoms with van der Waals surface area (Å²) in [4.78, 5) is 38.1. The summed E-state index contributed by atoms with van der Waals surface area (Å²) in [6.45, 7) is 2.06. The number of benzene rings is 1. The Morgan fingerprint density at radius 3 is 2.44 bits per heavy atom. The van der Waals surface area contributed by atoms with E-state index in [1.165, 1.54) is 36.5 Å². The van der Waals surface area contributed by atoms with Crippen LogP contribution in [-0.4, -0.2) is 80.8 Å². The maximum Gasteiger partial charge on any atom is 0.324 e. The molecule has 0 radical (unpaired) electrons. The highest BCUT2D eigenvalue weighted by atomic mass is 32.2. The minimum atomic E-state index is -2.23. The maximum atomic E-state index is 13.1. The highest BCUT2D eigenvalue weighted by Gasteiger charge is 2.55. The fourth-order valence-electron chi connectivity index (χ4n) is 8.33. The lowest BCUT2D eigenvalue weighted by Gasteiger charge is -2.59. The number of nitrogens with one attached hydrogen (secondary N) is 3. The largest absolute Gasteiger partial charge is 0.387 e. The van der Waals surface area contributed by atoms with Crippen molar-refractivity contribution in [2.45, 2.75) is 75.5 Å². The van der Waals surface area contributed by atoms with Gasteiger partial charge < -0.3 is 25.6 Å². The van der Waals surface area contributed by atoms with Crippen LogP contribution in [0.1, 0.15) is 51.7 Å². The summed E-state index contributed by atoms with van der Waals surface area (Å²) in [6, 6.07) is 6.30. The zero-order chi connectivity index (χ0) is 31.5. The van der Waals surface area contributed by atoms with Gasteiger partial charge in [0.1, 0.15) is 18.5 Å². The van der Waals surface area contributed by atoms with Crippen LogP contribution < -0.4 is 20.3 Å². The molecule has 3 aromatic rings. The summed E-state index contributed by atoms with van der Waals surface area (Å²) in [5.41, 5.74) is 1.02. The van der Waals surface area contributed by atoms with Crippen molar-refractivity contribution in [1.82, 2.24) is 24.8 Å². The predicted octanol–water partition coefficient (Wildman–Crippen LogP) is 2.14. The van der Waals surface area contributed by atoms with Crippen molar-refractivity contribution in [3.63, 3.8) is 0 Å². The number of hydrogen-bond acceptors (Lipinski definition) is 9. The van der Waals surface area contributed by atoms with Crippen LogP contribution in [0.15, 0.2) is 36.9 Å². The molecule has 16 heteroatoms. The van der Waals surface area contributed by atoms with Crippen molar-refractivity contribution in [2.24, 2.45) is 17.8 Å². The van der Waals surface area contributed by atoms with Crippen LogP contribution >= 0.6 is 0 Å². The fourth-order valence-corrected chi connectivity index (χ4v) is 9.18. The second-order valence-electron chi connectivity index (χ2n) is 12.7. The summed E-state index contributed by atoms with van der Waals surface area (Å²) < 4.78 is 32.0. The minimum absolute atomic E-state index is 0.0763. The van der Waals surface area contributed by atoms with Gasteiger partial charge in [-0.25, -0.2) is 24.0 Å². The molecule has 1 aromatic carbocycles. The Bertz CT molecular complexity index is 1620. The van der Waals surface area contributed by atoms with E-state index >= 15 is 0 Å². The van der Waals surface area contributed by atoms with Crippen molar-refractivity contribution in [1.29, 1.82) is 0 Å². The van der Waals surface area contributed by atoms with Gasteiger partial charge in [-0.15, -0.1) is 0 Å². The number of fused-ring (bicyclic) bond motifs is 1. The monoisotopic (exact) mass is 640 g/mol. The van der Waals surface area contributed by atoms with Crippen LogP contribution in [0.25, 0.3) is 11.2 Å². The average molecular weight is 641 g/mol. The number of urea groups is 1. The van der Waals surface area contributed by atoms with Gasteiger partial charge in [-0.05, 0) is 81.4 Å². The third-order valence-corrected chi connectivity index (χ3v) is 10.6. The topological polar surface area (TPSA) is 204 Å². The number of aliphatic hydroxyl groups excluding tert-OH is 2. The molecule has 1 saturated heterocycles. The number of hydrogen-bond donors (Lipinski definition) is 6. The molecule has 5 fully saturated rings. The van der Waals surface area contributed by atoms with Crippen molar-refractivity contribution >= 4 is 51.6 Å². The first-order chi connectivity index (χ1) is 21.7. The zero-order valence-electron chi connectivity index (χ0n) is 24.6. The van der Waals surface area contributed by atoms with E-state index in [0.717, 1.165) is 19.3 Å². The number of ether oxygens (including phenoxy) is 1. The number of amides is 3. The summed E-state index contributed by atoms with van der Waals surface area (Å²) in [5, 5.41) is 29.1. The molecule has 4 saturated carbocycles. The van der Waals surface area contributed by atoms with Crippen LogP contribution in [-0.2, 0) is 20.8 Å². The minimum Gasteiger partial charge on any atom is -0.387 e. The molecule has 2 aromatic heterocycles. The van der Waals surface area contributed by atoms with Crippen molar-refractivity contribution in [3.05, 3.63) is 36.9 Å². The lowest BCUT2D eigenvalue weighted by Crippen LogP contribution is -2.60. The third-order valence-electron chi connectivity index (χ3n) is 9.64. The van der Waals surface area contributed by atoms with E-state index in [0.29, 0.717) is 35.7 Å². The van der Waals surface area contributed by atoms with Crippen molar-refractivity contribution < 1.29 is 33.3 Å². The van der Waals surface area contributed by atoms with Crippen LogP contribution in [0.4, 0.5) is 22.0 Å². The molecule has 6 N–H and O–H groups in total. The van der Waals surface area contributed by atoms with Gasteiger partial charge in [-0.3, -0.25) is 23.5 Å². The average Bonchev–Trinajstić information content (AvgIpc) is 3.53. The Balaban J connectivity index is 1.08. The Labute approximate surface area is 261 Å². The molecule has 1 aliphatic heterocycles. The number of carbonyl (C=O) groups is 2. The van der Waals surface area contributed by atoms with E-state index < -0.39 is 47.7 Å². The number of aliphatic hydroxyl groups is 2. The molecular weight excluding hydrogens is 604 g/mol. The summed E-state index contributed by atoms with van der Waals surface area (Å²) >= 11 is -2.23. The fraction of sp³-hybridized carbons (Fsp3) is 0.552. The van der Waals surface area contributed by atoms with Gasteiger partial charge in [0.15, 0.2) is 29.3 Å². The van der Waals surface area contributed by atoms with Crippen LogP contribution in [0.3, 0.4) is 0 Å². The molecule has 3 heterocycles. The van der Waals surface area contributed by atoms with E-state index in [9.17, 15) is 28.6 Å². The van der Waals surface area contributed by atoms with E-state index in [-0.39, 0.29) is 22.5 Å². The lowest BCUT2D eigenvalue weighted by molar-refractivity contribution is -0.137. The third kappa shape index (κ3) is 5.33. The molecule has 4 bridgehead atoms. The van der Waals surface area contributed by atoms with Crippen LogP contribution in [0.5, 0.6) is 0 Å². The van der Waals surface area contributed by atoms with Gasteiger partial charge in [0.25, 0.3) is 17.2 Å². The number of imidazole rings is 1. The lowest BCUT2D eigenvalue weighted by atomic mass is 9.53. The molecule has 240 valence electrons. The Morgan fingerprint density at radius 1 is 1.07 bits per heavy atom. The van der Waals surface area contributed by atoms with Crippen molar-refractivity contribution in [3.8, 4) is 0 Å². The highest BCUT2D eigenvalue weighted by molar-refractivity contribution is 7.80. The normalized spacial score (nSPS) is 32.4. The molecule has 0 spiro atoms. The van der Waals surface area contributed by atoms with Gasteiger partial charge >= 0.3 is 6.03 Å². The molecule has 45 heavy (non-hydrogen) atoms. The standard InChI is InChI=1S/C29H36N8O7S/c1-2-30-26(40)23-21(38)22(39)27(44-23)36-14-33-20-24(31-13-32-25(20)36)35-28(41)34-18-4-3-5-19(9-18)37(45(42)43)29-10-15-6-16(11-29)8-17(7-15)12-29/h3-5,9,13-17,21-23,27,38-39H,2,6-8,10-12H2,1H3,(H,30,40)(H,42,43)(H2,31,32,34,35,41)/t15?,16?,17?,21-,22+,23-,27+,29?/m0/s1. The number of anilines is 3. The Hall–Kier alpha value is -3.70. The van der Waals surface area contributed by atoms with E-state index in [1.54, 1.807) is 35.5 Å². The van der Waals surface area contributed by atoms with Crippen LogP contribution in [0, 0.1) is 17.8 Å². The first kappa shape index (κ1) is 30.0. The van der Waals surface area contributed by atoms with E-state index in [1.807, 2.05) is 0 Å². The second kappa shape index (κ2) is 11.6. The first-order valence-electron chi connectivity index (χ1n) is 15.2. The number of rotatable bonds is 8. The van der Waals surface area contributed by atoms with Gasteiger partial charge in [0.2, 0.25) is 0 Å². The SMILES string of the molecule is CCNC(=O)[C@H]1O[C@@H](n2cnc3c(NC(=O)Nc4cccc(N(S(=O)O)C56CC7CC(CC(C7)C5)C6)c4)ncnc32)[C@H](O)[C@@H]1O. The van der Waals surface area contributed by atoms with Gasteiger partial charge in [-0.2, -0.15) is 0 Å². The molecule has 4 aliphatic carbocycles. The van der Waals surface area contributed by atoms with Crippen molar-refractivity contribution in [2.75, 3.05) is 21.5 Å². The summed E-state index contributed by atoms with van der Waals surface area (Å²) in [7, 11) is 0. The smallest absolute Gasteiger partial charge is 0.324 e. The van der Waals surface area contributed by atoms with E-state index in [2.05, 4.69) is 30.9 Å². The van der Waals surface area contributed by atoms with Crippen LogP contribution in [0.2, 0.25) is 0 Å². The molecule has 3 amide bonds. The Morgan fingerprint density at radius 2 is 1.78 bits per heavy atom. The summed E-state index contributed by atoms with van der Waals surface area (Å²) in [5.74, 6) is 1.27. The van der Waals surface area contributed by atoms with Gasteiger partial charge in [0.05, 0.1) is 17.6 Å². The Kier molecular flexibility index (Phi) is 7.72. The van der Waals surface area contributed by atoms with Gasteiger partial charge in [-0.1, -0.05) is 6.07 Å². The summed E-state index contributed by atoms with van der Waals surface area (Å²) in [6.07, 6.45) is 3.46. The van der Waals surface area contributed by atoms with E-state index in [4.69, 9.17) is 4.74 Å². The first-order valence-corrected chi connectivity index (χ1v) is 16.3. The molecule has 5 atom stereocenters. The molecule has 1 unspecified atom stereocenters. The number of carbonyl (C=O) groups excluding carboxylic acids is 2. The molecule has 8 rings (SSSR count). The molecule has 15 nitrogen and oxygen atoms in total. The maximum absolute atomic E-state index is 13.1.